The maximum Gasteiger partial charge on any atom is 0.121 e. The Morgan fingerprint density at radius 3 is 2.18 bits per heavy atom. The summed E-state index contributed by atoms with van der Waals surface area (Å²) >= 11 is 0. The van der Waals surface area contributed by atoms with Gasteiger partial charge in [0.2, 0.25) is 0 Å². The molecule has 0 bridgehead atoms. The van der Waals surface area contributed by atoms with Crippen molar-refractivity contribution in [1.29, 1.82) is 0 Å². The molecule has 3 nitrogen and oxygen atoms in total. The molecular weight excluding hydrogens is 212 g/mol. The van der Waals surface area contributed by atoms with Gasteiger partial charge < -0.3 is 5.11 Å². The average molecular weight is 230 g/mol. The largest absolute Gasteiger partial charge is 0.507 e. The SMILES string of the molecule is Cc1cc(-c2cnn(C(C)C)c2)cc(C)c1O. The number of phenols is 1. The number of rotatable bonds is 2. The zero-order valence-corrected chi connectivity index (χ0v) is 10.7. The van der Waals surface area contributed by atoms with E-state index in [0.717, 1.165) is 22.3 Å². The summed E-state index contributed by atoms with van der Waals surface area (Å²) in [7, 11) is 0. The zero-order chi connectivity index (χ0) is 12.6. The molecule has 2 aromatic rings. The van der Waals surface area contributed by atoms with Crippen molar-refractivity contribution >= 4 is 0 Å². The molecule has 1 aromatic carbocycles. The summed E-state index contributed by atoms with van der Waals surface area (Å²) in [6, 6.07) is 4.34. The Morgan fingerprint density at radius 2 is 1.71 bits per heavy atom. The highest BCUT2D eigenvalue weighted by atomic mass is 16.3. The molecule has 90 valence electrons. The number of nitrogens with zero attached hydrogens (tertiary/aromatic N) is 2. The minimum Gasteiger partial charge on any atom is -0.507 e. The molecule has 0 spiro atoms. The number of benzene rings is 1. The third-order valence-corrected chi connectivity index (χ3v) is 2.95. The summed E-state index contributed by atoms with van der Waals surface area (Å²) in [6.45, 7) is 8.03. The molecule has 17 heavy (non-hydrogen) atoms. The maximum atomic E-state index is 9.75. The van der Waals surface area contributed by atoms with Gasteiger partial charge in [-0.1, -0.05) is 0 Å². The molecule has 3 heteroatoms. The van der Waals surface area contributed by atoms with E-state index >= 15 is 0 Å². The lowest BCUT2D eigenvalue weighted by atomic mass is 10.0. The van der Waals surface area contributed by atoms with Crippen LogP contribution in [0, 0.1) is 13.8 Å². The second-order valence-corrected chi connectivity index (χ2v) is 4.76. The number of aromatic nitrogens is 2. The Balaban J connectivity index is 2.46. The van der Waals surface area contributed by atoms with E-state index in [1.54, 1.807) is 0 Å². The van der Waals surface area contributed by atoms with Gasteiger partial charge in [0.25, 0.3) is 0 Å². The third-order valence-electron chi connectivity index (χ3n) is 2.95. The predicted molar refractivity (Wildman–Crippen MR) is 69.2 cm³/mol. The monoisotopic (exact) mass is 230 g/mol. The number of aryl methyl sites for hydroxylation is 2. The van der Waals surface area contributed by atoms with Gasteiger partial charge in [-0.3, -0.25) is 4.68 Å². The van der Waals surface area contributed by atoms with Gasteiger partial charge >= 0.3 is 0 Å². The van der Waals surface area contributed by atoms with Crippen molar-refractivity contribution in [2.45, 2.75) is 33.7 Å². The van der Waals surface area contributed by atoms with Crippen LogP contribution in [0.3, 0.4) is 0 Å². The second kappa shape index (κ2) is 4.24. The van der Waals surface area contributed by atoms with Crippen molar-refractivity contribution in [3.05, 3.63) is 35.7 Å². The summed E-state index contributed by atoms with van der Waals surface area (Å²) in [4.78, 5) is 0. The van der Waals surface area contributed by atoms with Gasteiger partial charge in [-0.2, -0.15) is 5.10 Å². The van der Waals surface area contributed by atoms with E-state index in [1.807, 2.05) is 43.1 Å². The second-order valence-electron chi connectivity index (χ2n) is 4.76. The molecule has 0 aliphatic heterocycles. The van der Waals surface area contributed by atoms with E-state index in [-0.39, 0.29) is 0 Å². The topological polar surface area (TPSA) is 38.0 Å². The van der Waals surface area contributed by atoms with Gasteiger partial charge in [-0.05, 0) is 56.5 Å². The highest BCUT2D eigenvalue weighted by Gasteiger charge is 2.08. The molecule has 1 aromatic heterocycles. The molecule has 0 unspecified atom stereocenters. The number of hydrogen-bond acceptors (Lipinski definition) is 2. The van der Waals surface area contributed by atoms with Gasteiger partial charge in [-0.15, -0.1) is 0 Å². The Hall–Kier alpha value is -1.77. The van der Waals surface area contributed by atoms with Crippen molar-refractivity contribution in [2.75, 3.05) is 0 Å². The van der Waals surface area contributed by atoms with Crippen LogP contribution in [-0.4, -0.2) is 14.9 Å². The molecule has 0 fully saturated rings. The van der Waals surface area contributed by atoms with Gasteiger partial charge in [0.1, 0.15) is 5.75 Å². The zero-order valence-electron chi connectivity index (χ0n) is 10.7. The Labute approximate surface area is 102 Å². The van der Waals surface area contributed by atoms with E-state index in [4.69, 9.17) is 0 Å². The first-order valence-corrected chi connectivity index (χ1v) is 5.83. The highest BCUT2D eigenvalue weighted by Crippen LogP contribution is 2.29. The van der Waals surface area contributed by atoms with Crippen LogP contribution in [0.4, 0.5) is 0 Å². The molecule has 1 heterocycles. The van der Waals surface area contributed by atoms with Crippen LogP contribution in [0.1, 0.15) is 31.0 Å². The van der Waals surface area contributed by atoms with Crippen LogP contribution in [0.5, 0.6) is 5.75 Å². The fourth-order valence-corrected chi connectivity index (χ4v) is 1.89. The molecule has 0 atom stereocenters. The van der Waals surface area contributed by atoms with Gasteiger partial charge in [-0.25, -0.2) is 0 Å². The summed E-state index contributed by atoms with van der Waals surface area (Å²) in [5.74, 6) is 0.380. The molecule has 1 N–H and O–H groups in total. The lowest BCUT2D eigenvalue weighted by molar-refractivity contribution is 0.467. The van der Waals surface area contributed by atoms with E-state index in [0.29, 0.717) is 11.8 Å². The summed E-state index contributed by atoms with van der Waals surface area (Å²) < 4.78 is 1.94. The number of hydrogen-bond donors (Lipinski definition) is 1. The fraction of sp³-hybridized carbons (Fsp3) is 0.357. The van der Waals surface area contributed by atoms with Crippen LogP contribution < -0.4 is 0 Å². The normalized spacial score (nSPS) is 11.1. The average Bonchev–Trinajstić information content (AvgIpc) is 2.74. The Bertz CT molecular complexity index is 518. The lowest BCUT2D eigenvalue weighted by Crippen LogP contribution is -1.99. The fourth-order valence-electron chi connectivity index (χ4n) is 1.89. The Kier molecular flexibility index (Phi) is 2.92. The van der Waals surface area contributed by atoms with Crippen LogP contribution in [0.2, 0.25) is 0 Å². The predicted octanol–water partition coefficient (Wildman–Crippen LogP) is 3.45. The molecule has 0 aliphatic rings. The molecule has 0 saturated carbocycles. The van der Waals surface area contributed by atoms with Crippen LogP contribution in [0.25, 0.3) is 11.1 Å². The van der Waals surface area contributed by atoms with Gasteiger partial charge in [0.15, 0.2) is 0 Å². The van der Waals surface area contributed by atoms with E-state index < -0.39 is 0 Å². The quantitative estimate of drug-likeness (QED) is 0.858. The van der Waals surface area contributed by atoms with Crippen molar-refractivity contribution in [3.8, 4) is 16.9 Å². The third kappa shape index (κ3) is 2.18. The summed E-state index contributed by atoms with van der Waals surface area (Å²) in [6.07, 6.45) is 3.90. The maximum absolute atomic E-state index is 9.75. The van der Waals surface area contributed by atoms with E-state index in [9.17, 15) is 5.11 Å². The molecule has 0 saturated heterocycles. The van der Waals surface area contributed by atoms with Crippen LogP contribution >= 0.6 is 0 Å². The minimum absolute atomic E-state index is 0.364. The van der Waals surface area contributed by atoms with E-state index in [2.05, 4.69) is 18.9 Å². The lowest BCUT2D eigenvalue weighted by Gasteiger charge is -2.06. The first-order chi connectivity index (χ1) is 7.99. The Morgan fingerprint density at radius 1 is 1.12 bits per heavy atom. The molecule has 0 amide bonds. The number of aromatic hydroxyl groups is 1. The molecule has 2 rings (SSSR count). The van der Waals surface area contributed by atoms with Crippen molar-refractivity contribution in [1.82, 2.24) is 9.78 Å². The van der Waals surface area contributed by atoms with Gasteiger partial charge in [0.05, 0.1) is 6.20 Å². The highest BCUT2D eigenvalue weighted by molar-refractivity contribution is 5.65. The smallest absolute Gasteiger partial charge is 0.121 e. The minimum atomic E-state index is 0.364. The van der Waals surface area contributed by atoms with Crippen molar-refractivity contribution < 1.29 is 5.11 Å². The first-order valence-electron chi connectivity index (χ1n) is 5.83. The summed E-state index contributed by atoms with van der Waals surface area (Å²) in [5.41, 5.74) is 3.99. The number of phenolic OH excluding ortho intramolecular Hbond substituents is 1. The first kappa shape index (κ1) is 11.7. The van der Waals surface area contributed by atoms with Crippen molar-refractivity contribution in [2.24, 2.45) is 0 Å². The standard InChI is InChI=1S/C14H18N2O/c1-9(2)16-8-13(7-15-16)12-5-10(3)14(17)11(4)6-12/h5-9,17H,1-4H3. The van der Waals surface area contributed by atoms with E-state index in [1.165, 1.54) is 0 Å². The van der Waals surface area contributed by atoms with Crippen LogP contribution in [0.15, 0.2) is 24.5 Å². The summed E-state index contributed by atoms with van der Waals surface area (Å²) in [5, 5.41) is 14.1. The van der Waals surface area contributed by atoms with Crippen LogP contribution in [-0.2, 0) is 0 Å². The molecular formula is C14H18N2O. The molecule has 0 aliphatic carbocycles. The molecule has 0 radical (unpaired) electrons. The van der Waals surface area contributed by atoms with Crippen molar-refractivity contribution in [3.63, 3.8) is 0 Å². The van der Waals surface area contributed by atoms with Gasteiger partial charge in [0, 0.05) is 17.8 Å².